The van der Waals surface area contributed by atoms with Crippen LogP contribution in [0.25, 0.3) is 0 Å². The van der Waals surface area contributed by atoms with Gasteiger partial charge in [-0.25, -0.2) is 0 Å². The smallest absolute Gasteiger partial charge is 0.230 e. The molecule has 4 N–H and O–H groups in total. The molecule has 0 radical (unpaired) electrons. The summed E-state index contributed by atoms with van der Waals surface area (Å²) in [4.78, 5) is 11.9. The highest BCUT2D eigenvalue weighted by atomic mass is 32.2. The Bertz CT molecular complexity index is 622. The molecule has 0 heterocycles. The fourth-order valence-electron chi connectivity index (χ4n) is 1.65. The molecule has 0 aliphatic carbocycles. The number of thiol groups is 1. The van der Waals surface area contributed by atoms with E-state index in [1.54, 1.807) is 25.3 Å². The molecule has 0 bridgehead atoms. The number of carbonyl (C=O) groups is 1. The van der Waals surface area contributed by atoms with Crippen LogP contribution in [0.3, 0.4) is 0 Å². The van der Waals surface area contributed by atoms with Crippen molar-refractivity contribution in [2.75, 3.05) is 18.6 Å². The molecule has 0 atom stereocenters. The molecule has 0 saturated carbocycles. The number of hydrogen-bond acceptors (Lipinski definition) is 7. The predicted molar refractivity (Wildman–Crippen MR) is 107 cm³/mol. The van der Waals surface area contributed by atoms with Crippen LogP contribution < -0.4 is 10.1 Å². The molecule has 0 unspecified atom stereocenters. The lowest BCUT2D eigenvalue weighted by Crippen LogP contribution is -2.30. The van der Waals surface area contributed by atoms with E-state index in [2.05, 4.69) is 17.9 Å². The summed E-state index contributed by atoms with van der Waals surface area (Å²) < 4.78 is 5.11. The minimum Gasteiger partial charge on any atom is -0.497 e. The molecule has 130 valence electrons. The van der Waals surface area contributed by atoms with Crippen molar-refractivity contribution in [1.29, 1.82) is 16.2 Å². The lowest BCUT2D eigenvalue weighted by Gasteiger charge is -2.08. The van der Waals surface area contributed by atoms with Crippen molar-refractivity contribution in [2.24, 2.45) is 0 Å². The van der Waals surface area contributed by atoms with Crippen molar-refractivity contribution in [3.8, 4) is 5.75 Å². The first-order chi connectivity index (χ1) is 11.4. The average molecular weight is 385 g/mol. The number of benzene rings is 1. The first-order valence-electron chi connectivity index (χ1n) is 7.01. The minimum atomic E-state index is -0.301. The molecule has 0 spiro atoms. The fourth-order valence-corrected chi connectivity index (χ4v) is 3.49. The quantitative estimate of drug-likeness (QED) is 0.205. The highest BCUT2D eigenvalue weighted by Crippen LogP contribution is 2.14. The van der Waals surface area contributed by atoms with Crippen LogP contribution in [-0.4, -0.2) is 39.8 Å². The summed E-state index contributed by atoms with van der Waals surface area (Å²) in [7, 11) is 1.56. The Kier molecular flexibility index (Phi) is 9.58. The first kappa shape index (κ1) is 20.6. The van der Waals surface area contributed by atoms with Gasteiger partial charge in [0.15, 0.2) is 5.17 Å². The summed E-state index contributed by atoms with van der Waals surface area (Å²) in [6.07, 6.45) is 0.715. The van der Waals surface area contributed by atoms with Crippen LogP contribution in [0.2, 0.25) is 0 Å². The monoisotopic (exact) mass is 384 g/mol. The second-order valence-corrected chi connectivity index (χ2v) is 7.43. The molecule has 9 heteroatoms. The summed E-state index contributed by atoms with van der Waals surface area (Å²) in [5.41, 5.74) is 0.796. The van der Waals surface area contributed by atoms with E-state index >= 15 is 0 Å². The van der Waals surface area contributed by atoms with Gasteiger partial charge in [-0.15, -0.1) is 12.6 Å². The molecule has 0 aliphatic rings. The lowest BCUT2D eigenvalue weighted by molar-refractivity contribution is -0.119. The number of nitrogens with one attached hydrogen (secondary N) is 4. The van der Waals surface area contributed by atoms with Crippen LogP contribution in [0, 0.1) is 16.2 Å². The van der Waals surface area contributed by atoms with Gasteiger partial charge in [-0.05, 0) is 35.2 Å². The maximum atomic E-state index is 11.9. The largest absolute Gasteiger partial charge is 0.497 e. The zero-order chi connectivity index (χ0) is 17.9. The van der Waals surface area contributed by atoms with Gasteiger partial charge < -0.3 is 10.1 Å². The standard InChI is InChI=1S/C15H20N4O2S3/c1-21-11-4-2-3-10(7-11)8-14(20)19-15(18)24-13(17)9-23-6-5-12(16)22/h2-4,7,17H,5-6,8-9H2,1H3,(H2,16,22)(H2,18,19,20). The third kappa shape index (κ3) is 8.99. The van der Waals surface area contributed by atoms with Crippen molar-refractivity contribution in [3.05, 3.63) is 29.8 Å². The number of carbonyl (C=O) groups excluding carboxylic acids is 1. The molecule has 0 aromatic heterocycles. The van der Waals surface area contributed by atoms with E-state index in [4.69, 9.17) is 21.0 Å². The van der Waals surface area contributed by atoms with Crippen molar-refractivity contribution in [3.63, 3.8) is 0 Å². The molecule has 6 nitrogen and oxygen atoms in total. The summed E-state index contributed by atoms with van der Waals surface area (Å²) in [6, 6.07) is 7.19. The topological polar surface area (TPSA) is 110 Å². The molecule has 0 aliphatic heterocycles. The lowest BCUT2D eigenvalue weighted by atomic mass is 10.1. The van der Waals surface area contributed by atoms with E-state index in [9.17, 15) is 4.79 Å². The van der Waals surface area contributed by atoms with Gasteiger partial charge in [0.2, 0.25) is 5.91 Å². The van der Waals surface area contributed by atoms with Crippen LogP contribution in [0.1, 0.15) is 12.0 Å². The van der Waals surface area contributed by atoms with Gasteiger partial charge in [0, 0.05) is 12.2 Å². The van der Waals surface area contributed by atoms with Gasteiger partial charge in [-0.3, -0.25) is 21.0 Å². The zero-order valence-electron chi connectivity index (χ0n) is 13.2. The van der Waals surface area contributed by atoms with E-state index in [-0.39, 0.29) is 22.5 Å². The first-order valence-corrected chi connectivity index (χ1v) is 9.43. The maximum absolute atomic E-state index is 11.9. The molecule has 1 rings (SSSR count). The summed E-state index contributed by atoms with van der Waals surface area (Å²) in [5.74, 6) is 1.53. The van der Waals surface area contributed by atoms with E-state index in [0.29, 0.717) is 28.7 Å². The molecular formula is C15H20N4O2S3. The van der Waals surface area contributed by atoms with Crippen LogP contribution in [-0.2, 0) is 11.2 Å². The van der Waals surface area contributed by atoms with Crippen molar-refractivity contribution < 1.29 is 9.53 Å². The molecule has 1 aromatic carbocycles. The molecular weight excluding hydrogens is 364 g/mol. The summed E-state index contributed by atoms with van der Waals surface area (Å²) in [5, 5.41) is 25.8. The van der Waals surface area contributed by atoms with Crippen LogP contribution in [0.4, 0.5) is 0 Å². The normalized spacial score (nSPS) is 10.1. The average Bonchev–Trinajstić information content (AvgIpc) is 2.51. The number of methoxy groups -OCH3 is 1. The van der Waals surface area contributed by atoms with E-state index < -0.39 is 0 Å². The van der Waals surface area contributed by atoms with Gasteiger partial charge in [0.05, 0.1) is 23.6 Å². The molecule has 0 saturated heterocycles. The second-order valence-electron chi connectivity index (χ2n) is 4.68. The third-order valence-electron chi connectivity index (χ3n) is 2.69. The Labute approximate surface area is 155 Å². The number of amidine groups is 1. The summed E-state index contributed by atoms with van der Waals surface area (Å²) >= 11 is 6.31. The van der Waals surface area contributed by atoms with Gasteiger partial charge in [0.1, 0.15) is 5.75 Å². The van der Waals surface area contributed by atoms with Crippen molar-refractivity contribution >= 4 is 57.3 Å². The zero-order valence-corrected chi connectivity index (χ0v) is 15.7. The van der Waals surface area contributed by atoms with Gasteiger partial charge in [-0.2, -0.15) is 11.8 Å². The minimum absolute atomic E-state index is 0.0598. The maximum Gasteiger partial charge on any atom is 0.230 e. The Morgan fingerprint density at radius 2 is 2.08 bits per heavy atom. The SMILES string of the molecule is COc1cccc(CC(=O)NC(=N)SC(=N)CSCCC(=N)S)c1. The number of thioether (sulfide) groups is 2. The van der Waals surface area contributed by atoms with Gasteiger partial charge >= 0.3 is 0 Å². The van der Waals surface area contributed by atoms with E-state index in [1.807, 2.05) is 6.07 Å². The Hall–Kier alpha value is -1.45. The number of ether oxygens (including phenoxy) is 1. The predicted octanol–water partition coefficient (Wildman–Crippen LogP) is 3.03. The molecule has 1 amide bonds. The Morgan fingerprint density at radius 1 is 1.33 bits per heavy atom. The highest BCUT2D eigenvalue weighted by molar-refractivity contribution is 8.27. The van der Waals surface area contributed by atoms with Crippen LogP contribution in [0.15, 0.2) is 24.3 Å². The molecule has 24 heavy (non-hydrogen) atoms. The van der Waals surface area contributed by atoms with E-state index in [0.717, 1.165) is 17.3 Å². The third-order valence-corrected chi connectivity index (χ3v) is 4.78. The van der Waals surface area contributed by atoms with Crippen LogP contribution >= 0.6 is 36.2 Å². The molecule has 0 fully saturated rings. The Balaban J connectivity index is 2.31. The molecule has 1 aromatic rings. The van der Waals surface area contributed by atoms with Crippen molar-refractivity contribution in [1.82, 2.24) is 5.32 Å². The van der Waals surface area contributed by atoms with Gasteiger partial charge in [0.25, 0.3) is 0 Å². The van der Waals surface area contributed by atoms with E-state index in [1.165, 1.54) is 11.8 Å². The number of amides is 1. The van der Waals surface area contributed by atoms with Crippen molar-refractivity contribution in [2.45, 2.75) is 12.8 Å². The van der Waals surface area contributed by atoms with Gasteiger partial charge in [-0.1, -0.05) is 12.1 Å². The summed E-state index contributed by atoms with van der Waals surface area (Å²) in [6.45, 7) is 0. The highest BCUT2D eigenvalue weighted by Gasteiger charge is 2.10. The number of hydrogen-bond donors (Lipinski definition) is 5. The second kappa shape index (κ2) is 11.2. The van der Waals surface area contributed by atoms with Crippen LogP contribution in [0.5, 0.6) is 5.75 Å². The fraction of sp³-hybridized carbons (Fsp3) is 0.333. The number of rotatable bonds is 8. The Morgan fingerprint density at radius 3 is 2.75 bits per heavy atom.